The number of carboxylic acid groups (broad SMARTS) is 1. The Bertz CT molecular complexity index is 551. The molecule has 0 bridgehead atoms. The summed E-state index contributed by atoms with van der Waals surface area (Å²) < 4.78 is 0. The van der Waals surface area contributed by atoms with Gasteiger partial charge in [-0.05, 0) is 26.0 Å². The number of amides is 3. The minimum absolute atomic E-state index is 0.0218. The van der Waals surface area contributed by atoms with E-state index in [2.05, 4.69) is 10.3 Å². The van der Waals surface area contributed by atoms with Gasteiger partial charge in [-0.1, -0.05) is 0 Å². The van der Waals surface area contributed by atoms with Crippen LogP contribution in [0.2, 0.25) is 0 Å². The molecule has 1 aliphatic heterocycles. The summed E-state index contributed by atoms with van der Waals surface area (Å²) in [4.78, 5) is 39.3. The van der Waals surface area contributed by atoms with Gasteiger partial charge < -0.3 is 10.4 Å². The Morgan fingerprint density at radius 1 is 1.42 bits per heavy atom. The minimum atomic E-state index is -1.07. The fourth-order valence-corrected chi connectivity index (χ4v) is 1.77. The first-order valence-electron chi connectivity index (χ1n) is 5.63. The second kappa shape index (κ2) is 4.34. The quantitative estimate of drug-likeness (QED) is 0.778. The maximum absolute atomic E-state index is 11.9. The molecule has 0 atom stereocenters. The van der Waals surface area contributed by atoms with E-state index in [4.69, 9.17) is 5.11 Å². The Labute approximate surface area is 109 Å². The molecule has 0 saturated carbocycles. The van der Waals surface area contributed by atoms with Crippen LogP contribution in [0, 0.1) is 0 Å². The van der Waals surface area contributed by atoms with Gasteiger partial charge >= 0.3 is 12.0 Å². The van der Waals surface area contributed by atoms with Crippen LogP contribution >= 0.6 is 0 Å². The molecule has 1 saturated heterocycles. The Kier molecular flexibility index (Phi) is 2.97. The minimum Gasteiger partial charge on any atom is -0.478 e. The molecule has 100 valence electrons. The van der Waals surface area contributed by atoms with Crippen molar-refractivity contribution in [3.63, 3.8) is 0 Å². The summed E-state index contributed by atoms with van der Waals surface area (Å²) in [6.45, 7) is 3.26. The molecule has 2 rings (SSSR count). The Balaban J connectivity index is 2.16. The van der Waals surface area contributed by atoms with Gasteiger partial charge in [0.15, 0.2) is 0 Å². The molecule has 7 nitrogen and oxygen atoms in total. The third-order valence-electron chi connectivity index (χ3n) is 2.84. The predicted molar refractivity (Wildman–Crippen MR) is 64.4 cm³/mol. The SMILES string of the molecule is CC1(C)NC(=O)N(Cc2ccc(C(=O)O)cn2)C1=O. The Hall–Kier alpha value is -2.44. The van der Waals surface area contributed by atoms with Gasteiger partial charge in [0.1, 0.15) is 5.54 Å². The highest BCUT2D eigenvalue weighted by molar-refractivity contribution is 6.06. The van der Waals surface area contributed by atoms with E-state index in [0.29, 0.717) is 5.69 Å². The molecule has 1 aromatic heterocycles. The van der Waals surface area contributed by atoms with Crippen LogP contribution in [0.25, 0.3) is 0 Å². The Morgan fingerprint density at radius 3 is 2.53 bits per heavy atom. The molecule has 0 aromatic carbocycles. The number of hydrogen-bond acceptors (Lipinski definition) is 4. The van der Waals surface area contributed by atoms with E-state index in [-0.39, 0.29) is 18.0 Å². The van der Waals surface area contributed by atoms with E-state index in [1.807, 2.05) is 0 Å². The van der Waals surface area contributed by atoms with Gasteiger partial charge in [-0.2, -0.15) is 0 Å². The Morgan fingerprint density at radius 2 is 2.11 bits per heavy atom. The predicted octanol–water partition coefficient (Wildman–Crippen LogP) is 0.610. The lowest BCUT2D eigenvalue weighted by molar-refractivity contribution is -0.130. The van der Waals surface area contributed by atoms with Crippen molar-refractivity contribution in [2.45, 2.75) is 25.9 Å². The summed E-state index contributed by atoms with van der Waals surface area (Å²) in [7, 11) is 0. The lowest BCUT2D eigenvalue weighted by atomic mass is 10.1. The number of nitrogens with one attached hydrogen (secondary N) is 1. The largest absolute Gasteiger partial charge is 0.478 e. The van der Waals surface area contributed by atoms with E-state index in [0.717, 1.165) is 4.90 Å². The zero-order valence-corrected chi connectivity index (χ0v) is 10.5. The van der Waals surface area contributed by atoms with Crippen molar-refractivity contribution < 1.29 is 19.5 Å². The van der Waals surface area contributed by atoms with Crippen molar-refractivity contribution in [1.29, 1.82) is 0 Å². The lowest BCUT2D eigenvalue weighted by Gasteiger charge is -2.15. The molecule has 1 aliphatic rings. The van der Waals surface area contributed by atoms with Gasteiger partial charge in [-0.15, -0.1) is 0 Å². The number of urea groups is 1. The summed E-state index contributed by atoms with van der Waals surface area (Å²) in [6.07, 6.45) is 1.20. The van der Waals surface area contributed by atoms with Crippen LogP contribution in [0.3, 0.4) is 0 Å². The highest BCUT2D eigenvalue weighted by Gasteiger charge is 2.44. The first-order chi connectivity index (χ1) is 8.81. The average molecular weight is 263 g/mol. The van der Waals surface area contributed by atoms with Gasteiger partial charge in [0.2, 0.25) is 0 Å². The number of carbonyl (C=O) groups is 3. The molecule has 0 unspecified atom stereocenters. The maximum Gasteiger partial charge on any atom is 0.337 e. The van der Waals surface area contributed by atoms with E-state index < -0.39 is 17.5 Å². The topological polar surface area (TPSA) is 99.6 Å². The fourth-order valence-electron chi connectivity index (χ4n) is 1.77. The van der Waals surface area contributed by atoms with E-state index >= 15 is 0 Å². The third kappa shape index (κ3) is 2.40. The van der Waals surface area contributed by atoms with Crippen LogP contribution in [0.1, 0.15) is 29.9 Å². The van der Waals surface area contributed by atoms with Crippen LogP contribution in [0.5, 0.6) is 0 Å². The van der Waals surface area contributed by atoms with Gasteiger partial charge in [0.25, 0.3) is 5.91 Å². The average Bonchev–Trinajstić information content (AvgIpc) is 2.52. The standard InChI is InChI=1S/C12H13N3O4/c1-12(2)10(18)15(11(19)14-12)6-8-4-3-7(5-13-8)9(16)17/h3-5H,6H2,1-2H3,(H,14,19)(H,16,17). The number of imide groups is 1. The van der Waals surface area contributed by atoms with Crippen molar-refractivity contribution in [2.75, 3.05) is 0 Å². The molecule has 7 heteroatoms. The number of aromatic carboxylic acids is 1. The lowest BCUT2D eigenvalue weighted by Crippen LogP contribution is -2.40. The second-order valence-corrected chi connectivity index (χ2v) is 4.79. The smallest absolute Gasteiger partial charge is 0.337 e. The molecule has 3 amide bonds. The molecular formula is C12H13N3O4. The number of hydrogen-bond donors (Lipinski definition) is 2. The molecule has 1 aromatic rings. The fraction of sp³-hybridized carbons (Fsp3) is 0.333. The zero-order chi connectivity index (χ0) is 14.2. The molecule has 2 N–H and O–H groups in total. The van der Waals surface area contributed by atoms with Crippen LogP contribution in [0.15, 0.2) is 18.3 Å². The van der Waals surface area contributed by atoms with Gasteiger partial charge in [0, 0.05) is 6.20 Å². The number of pyridine rings is 1. The number of carbonyl (C=O) groups excluding carboxylic acids is 2. The highest BCUT2D eigenvalue weighted by Crippen LogP contribution is 2.18. The van der Waals surface area contributed by atoms with E-state index in [9.17, 15) is 14.4 Å². The van der Waals surface area contributed by atoms with Crippen LogP contribution in [-0.2, 0) is 11.3 Å². The van der Waals surface area contributed by atoms with Crippen molar-refractivity contribution in [3.05, 3.63) is 29.6 Å². The first kappa shape index (κ1) is 13.0. The van der Waals surface area contributed by atoms with Crippen LogP contribution < -0.4 is 5.32 Å². The molecule has 2 heterocycles. The van der Waals surface area contributed by atoms with Crippen LogP contribution in [0.4, 0.5) is 4.79 Å². The third-order valence-corrected chi connectivity index (χ3v) is 2.84. The molecule has 0 spiro atoms. The van der Waals surface area contributed by atoms with Crippen molar-refractivity contribution in [3.8, 4) is 0 Å². The maximum atomic E-state index is 11.9. The second-order valence-electron chi connectivity index (χ2n) is 4.79. The molecular weight excluding hydrogens is 250 g/mol. The van der Waals surface area contributed by atoms with Gasteiger partial charge in [-0.25, -0.2) is 9.59 Å². The molecule has 0 radical (unpaired) electrons. The van der Waals surface area contributed by atoms with Crippen molar-refractivity contribution in [1.82, 2.24) is 15.2 Å². The normalized spacial score (nSPS) is 17.5. The summed E-state index contributed by atoms with van der Waals surface area (Å²) in [5, 5.41) is 11.3. The van der Waals surface area contributed by atoms with Crippen LogP contribution in [-0.4, -0.2) is 38.4 Å². The summed E-state index contributed by atoms with van der Waals surface area (Å²) in [6, 6.07) is 2.39. The molecule has 1 fully saturated rings. The summed E-state index contributed by atoms with van der Waals surface area (Å²) in [5.41, 5.74) is -0.412. The van der Waals surface area contributed by atoms with Crippen molar-refractivity contribution >= 4 is 17.9 Å². The van der Waals surface area contributed by atoms with Gasteiger partial charge in [0.05, 0.1) is 17.8 Å². The van der Waals surface area contributed by atoms with Crippen molar-refractivity contribution in [2.24, 2.45) is 0 Å². The number of nitrogens with zero attached hydrogens (tertiary/aromatic N) is 2. The summed E-state index contributed by atoms with van der Waals surface area (Å²) >= 11 is 0. The number of rotatable bonds is 3. The first-order valence-corrected chi connectivity index (χ1v) is 5.63. The number of carboxylic acids is 1. The molecule has 19 heavy (non-hydrogen) atoms. The highest BCUT2D eigenvalue weighted by atomic mass is 16.4. The monoisotopic (exact) mass is 263 g/mol. The van der Waals surface area contributed by atoms with E-state index in [1.54, 1.807) is 13.8 Å². The zero-order valence-electron chi connectivity index (χ0n) is 10.5. The van der Waals surface area contributed by atoms with E-state index in [1.165, 1.54) is 18.3 Å². The molecule has 0 aliphatic carbocycles. The summed E-state index contributed by atoms with van der Waals surface area (Å²) in [5.74, 6) is -1.41. The van der Waals surface area contributed by atoms with Gasteiger partial charge in [-0.3, -0.25) is 14.7 Å². The number of aromatic nitrogens is 1.